The van der Waals surface area contributed by atoms with Gasteiger partial charge in [0.2, 0.25) is 0 Å². The summed E-state index contributed by atoms with van der Waals surface area (Å²) in [6.07, 6.45) is 2.00. The van der Waals surface area contributed by atoms with Crippen molar-refractivity contribution in [1.29, 1.82) is 0 Å². The van der Waals surface area contributed by atoms with Gasteiger partial charge in [-0.2, -0.15) is 0 Å². The van der Waals surface area contributed by atoms with Crippen LogP contribution < -0.4 is 10.1 Å². The maximum Gasteiger partial charge on any atom is 0.251 e. The predicted molar refractivity (Wildman–Crippen MR) is 136 cm³/mol. The molecule has 0 aliphatic rings. The van der Waals surface area contributed by atoms with Gasteiger partial charge in [0.25, 0.3) is 5.91 Å². The topological polar surface area (TPSA) is 106 Å². The van der Waals surface area contributed by atoms with Crippen molar-refractivity contribution in [3.8, 4) is 28.4 Å². The lowest BCUT2D eigenvalue weighted by atomic mass is 9.97. The number of nitrogens with zero attached hydrogens (tertiary/aromatic N) is 4. The van der Waals surface area contributed by atoms with Crippen molar-refractivity contribution < 1.29 is 18.3 Å². The first-order chi connectivity index (χ1) is 18.5. The molecule has 0 aliphatic carbocycles. The smallest absolute Gasteiger partial charge is 0.251 e. The molecule has 0 bridgehead atoms. The van der Waals surface area contributed by atoms with Gasteiger partial charge in [-0.05, 0) is 82.6 Å². The first kappa shape index (κ1) is 24.7. The van der Waals surface area contributed by atoms with E-state index in [-0.39, 0.29) is 17.5 Å². The van der Waals surface area contributed by atoms with Gasteiger partial charge in [-0.1, -0.05) is 24.3 Å². The van der Waals surface area contributed by atoms with Gasteiger partial charge in [-0.15, -0.1) is 5.10 Å². The largest absolute Gasteiger partial charge is 0.494 e. The molecule has 1 atom stereocenters. The van der Waals surface area contributed by atoms with Crippen LogP contribution in [0.4, 0.5) is 8.78 Å². The zero-order chi connectivity index (χ0) is 26.5. The van der Waals surface area contributed by atoms with Crippen molar-refractivity contribution in [2.75, 3.05) is 7.11 Å². The molecule has 0 saturated carbocycles. The second-order valence-corrected chi connectivity index (χ2v) is 8.51. The van der Waals surface area contributed by atoms with E-state index in [9.17, 15) is 13.6 Å². The second kappa shape index (κ2) is 11.0. The molecule has 2 aromatic heterocycles. The Bertz CT molecular complexity index is 1540. The molecule has 10 heteroatoms. The summed E-state index contributed by atoms with van der Waals surface area (Å²) in [5, 5.41) is 17.0. The van der Waals surface area contributed by atoms with Gasteiger partial charge in [-0.3, -0.25) is 9.78 Å². The van der Waals surface area contributed by atoms with Crippen LogP contribution in [0.25, 0.3) is 22.6 Å². The first-order valence-electron chi connectivity index (χ1n) is 11.7. The van der Waals surface area contributed by atoms with Crippen LogP contribution in [0, 0.1) is 11.6 Å². The monoisotopic (exact) mass is 512 g/mol. The van der Waals surface area contributed by atoms with Crippen molar-refractivity contribution in [2.45, 2.75) is 12.5 Å². The Hall–Kier alpha value is -4.99. The highest BCUT2D eigenvalue weighted by Gasteiger charge is 2.20. The molecule has 1 amide bonds. The third-order valence-corrected chi connectivity index (χ3v) is 6.01. The van der Waals surface area contributed by atoms with Crippen molar-refractivity contribution in [3.63, 3.8) is 0 Å². The quantitative estimate of drug-likeness (QED) is 0.306. The first-order valence-corrected chi connectivity index (χ1v) is 11.7. The van der Waals surface area contributed by atoms with Gasteiger partial charge < -0.3 is 10.1 Å². The highest BCUT2D eigenvalue weighted by atomic mass is 19.1. The number of methoxy groups -OCH3 is 1. The number of carbonyl (C=O) groups is 1. The van der Waals surface area contributed by atoms with Crippen LogP contribution in [-0.4, -0.2) is 38.6 Å². The van der Waals surface area contributed by atoms with E-state index in [1.165, 1.54) is 24.3 Å². The maximum absolute atomic E-state index is 13.6. The highest BCUT2D eigenvalue weighted by Crippen LogP contribution is 2.31. The average Bonchev–Trinajstić information content (AvgIpc) is 3.49. The number of pyridine rings is 1. The number of benzene rings is 3. The fourth-order valence-corrected chi connectivity index (χ4v) is 4.13. The summed E-state index contributed by atoms with van der Waals surface area (Å²) in [4.78, 5) is 18.1. The van der Waals surface area contributed by atoms with Crippen LogP contribution in [0.3, 0.4) is 0 Å². The van der Waals surface area contributed by atoms with Gasteiger partial charge in [0.1, 0.15) is 23.1 Å². The molecule has 3 aromatic carbocycles. The maximum atomic E-state index is 13.6. The highest BCUT2D eigenvalue weighted by molar-refractivity contribution is 5.97. The molecular formula is C28H22F2N6O2. The molecule has 2 N–H and O–H groups in total. The number of aromatic nitrogens is 5. The average molecular weight is 513 g/mol. The Morgan fingerprint density at radius 1 is 0.974 bits per heavy atom. The number of hydrogen-bond acceptors (Lipinski definition) is 6. The number of H-pyrrole nitrogens is 1. The van der Waals surface area contributed by atoms with Gasteiger partial charge in [-0.25, -0.2) is 13.9 Å². The van der Waals surface area contributed by atoms with E-state index in [4.69, 9.17) is 4.74 Å². The summed E-state index contributed by atoms with van der Waals surface area (Å²) < 4.78 is 32.6. The Balaban J connectivity index is 1.53. The molecule has 190 valence electrons. The van der Waals surface area contributed by atoms with Crippen molar-refractivity contribution >= 4 is 5.91 Å². The lowest BCUT2D eigenvalue weighted by molar-refractivity contribution is 0.0936. The molecule has 0 saturated heterocycles. The summed E-state index contributed by atoms with van der Waals surface area (Å²) in [5.74, 6) is -0.216. The van der Waals surface area contributed by atoms with Crippen molar-refractivity contribution in [2.24, 2.45) is 0 Å². The minimum Gasteiger partial charge on any atom is -0.494 e. The number of tetrazole rings is 1. The number of hydrogen-bond donors (Lipinski definition) is 2. The number of carbonyl (C=O) groups excluding carboxylic acids is 1. The third-order valence-electron chi connectivity index (χ3n) is 6.01. The number of halogens is 2. The normalized spacial score (nSPS) is 11.7. The Kier molecular flexibility index (Phi) is 7.12. The van der Waals surface area contributed by atoms with Gasteiger partial charge >= 0.3 is 0 Å². The number of aromatic amines is 1. The molecule has 1 unspecified atom stereocenters. The summed E-state index contributed by atoms with van der Waals surface area (Å²) in [6, 6.07) is 20.1. The Morgan fingerprint density at radius 3 is 2.37 bits per heavy atom. The molecule has 0 aliphatic heterocycles. The van der Waals surface area contributed by atoms with E-state index in [2.05, 4.69) is 30.9 Å². The van der Waals surface area contributed by atoms with Crippen LogP contribution in [0.2, 0.25) is 0 Å². The number of nitrogens with one attached hydrogen (secondary N) is 2. The predicted octanol–water partition coefficient (Wildman–Crippen LogP) is 4.93. The van der Waals surface area contributed by atoms with Crippen LogP contribution in [-0.2, 0) is 6.42 Å². The van der Waals surface area contributed by atoms with Gasteiger partial charge in [0, 0.05) is 22.9 Å². The van der Waals surface area contributed by atoms with Crippen molar-refractivity contribution in [1.82, 2.24) is 30.9 Å². The number of rotatable bonds is 8. The summed E-state index contributed by atoms with van der Waals surface area (Å²) in [5.41, 5.74) is 3.57. The third kappa shape index (κ3) is 5.54. The second-order valence-electron chi connectivity index (χ2n) is 8.51. The minimum atomic E-state index is -0.517. The van der Waals surface area contributed by atoms with E-state index in [0.717, 1.165) is 5.56 Å². The van der Waals surface area contributed by atoms with Crippen LogP contribution in [0.1, 0.15) is 27.5 Å². The van der Waals surface area contributed by atoms with E-state index >= 15 is 0 Å². The Morgan fingerprint density at radius 2 is 1.68 bits per heavy atom. The minimum absolute atomic E-state index is 0.327. The van der Waals surface area contributed by atoms with Crippen LogP contribution >= 0.6 is 0 Å². The summed E-state index contributed by atoms with van der Waals surface area (Å²) in [6.45, 7) is 0. The molecule has 0 radical (unpaired) electrons. The standard InChI is InChI=1S/C28H22F2N6O2/c1-38-25-3-2-12-31-26(25)19-14-20(27-33-35-36-34-27)16-21(15-19)28(37)32-24(18-6-10-23(30)11-7-18)13-17-4-8-22(29)9-5-17/h2-12,14-16,24H,13H2,1H3,(H,32,37)(H,33,34,35,36). The van der Waals surface area contributed by atoms with Crippen LogP contribution in [0.5, 0.6) is 5.75 Å². The summed E-state index contributed by atoms with van der Waals surface area (Å²) >= 11 is 0. The molecule has 8 nitrogen and oxygen atoms in total. The fourth-order valence-electron chi connectivity index (χ4n) is 4.13. The molecule has 2 heterocycles. The fraction of sp³-hybridized carbons (Fsp3) is 0.107. The molecule has 5 rings (SSSR count). The van der Waals surface area contributed by atoms with Crippen LogP contribution in [0.15, 0.2) is 85.1 Å². The molecule has 38 heavy (non-hydrogen) atoms. The number of amides is 1. The van der Waals surface area contributed by atoms with E-state index in [0.29, 0.717) is 45.9 Å². The molecule has 5 aromatic rings. The van der Waals surface area contributed by atoms with Crippen molar-refractivity contribution in [3.05, 3.63) is 113 Å². The Labute approximate surface area is 216 Å². The number of ether oxygens (including phenoxy) is 1. The lowest BCUT2D eigenvalue weighted by Gasteiger charge is -2.20. The molecule has 0 fully saturated rings. The van der Waals surface area contributed by atoms with E-state index in [1.54, 1.807) is 67.9 Å². The molecule has 0 spiro atoms. The zero-order valence-corrected chi connectivity index (χ0v) is 20.2. The van der Waals surface area contributed by atoms with E-state index < -0.39 is 6.04 Å². The summed E-state index contributed by atoms with van der Waals surface area (Å²) in [7, 11) is 1.54. The van der Waals surface area contributed by atoms with Gasteiger partial charge in [0.15, 0.2) is 5.82 Å². The van der Waals surface area contributed by atoms with Gasteiger partial charge in [0.05, 0.1) is 13.2 Å². The SMILES string of the molecule is COc1cccnc1-c1cc(C(=O)NC(Cc2ccc(F)cc2)c2ccc(F)cc2)cc(-c2nnn[nH]2)c1. The zero-order valence-electron chi connectivity index (χ0n) is 20.2. The molecular weight excluding hydrogens is 490 g/mol. The van der Waals surface area contributed by atoms with E-state index in [1.807, 2.05) is 0 Å². The lowest BCUT2D eigenvalue weighted by Crippen LogP contribution is -2.30.